The first kappa shape index (κ1) is 14.0. The highest BCUT2D eigenvalue weighted by atomic mass is 16.6. The third-order valence-corrected chi connectivity index (χ3v) is 1.83. The summed E-state index contributed by atoms with van der Waals surface area (Å²) in [5.74, 6) is -0.971. The second-order valence-corrected chi connectivity index (χ2v) is 2.99. The van der Waals surface area contributed by atoms with E-state index in [9.17, 15) is 14.9 Å². The van der Waals surface area contributed by atoms with Crippen LogP contribution in [-0.4, -0.2) is 41.5 Å². The zero-order valence-electron chi connectivity index (χ0n) is 8.91. The normalized spacial score (nSPS) is 14.6. The fraction of sp³-hybridized carbons (Fsp3) is 0.500. The predicted octanol–water partition coefficient (Wildman–Crippen LogP) is -0.460. The second-order valence-electron chi connectivity index (χ2n) is 2.99. The van der Waals surface area contributed by atoms with Crippen molar-refractivity contribution in [3.63, 3.8) is 0 Å². The molecule has 0 saturated carbocycles. The maximum Gasteiger partial charge on any atom is 0.270 e. The second kappa shape index (κ2) is 6.51. The molecule has 0 spiro atoms. The summed E-state index contributed by atoms with van der Waals surface area (Å²) >= 11 is 0. The van der Waals surface area contributed by atoms with E-state index in [1.807, 2.05) is 0 Å². The van der Waals surface area contributed by atoms with Gasteiger partial charge in [-0.05, 0) is 13.0 Å². The molecule has 0 fully saturated rings. The van der Waals surface area contributed by atoms with Crippen molar-refractivity contribution in [1.82, 2.24) is 0 Å². The first-order valence-corrected chi connectivity index (χ1v) is 4.26. The van der Waals surface area contributed by atoms with E-state index in [0.29, 0.717) is 0 Å². The van der Waals surface area contributed by atoms with Gasteiger partial charge in [-0.25, -0.2) is 0 Å². The van der Waals surface area contributed by atoms with Crippen molar-refractivity contribution in [1.29, 1.82) is 0 Å². The van der Waals surface area contributed by atoms with Crippen molar-refractivity contribution in [2.75, 3.05) is 13.7 Å². The van der Waals surface area contributed by atoms with Crippen LogP contribution in [0.25, 0.3) is 0 Å². The molecule has 16 heavy (non-hydrogen) atoms. The lowest BCUT2D eigenvalue weighted by atomic mass is 10.1. The van der Waals surface area contributed by atoms with Crippen LogP contribution < -0.4 is 5.73 Å². The monoisotopic (exact) mass is 231 g/mol. The van der Waals surface area contributed by atoms with E-state index in [1.165, 1.54) is 14.0 Å². The molecule has 0 radical (unpaired) electrons. The molecule has 0 aliphatic carbocycles. The maximum atomic E-state index is 10.7. The Kier molecular flexibility index (Phi) is 5.71. The molecule has 0 aromatic carbocycles. The number of amides is 1. The molecular formula is C8H13N3O5. The highest BCUT2D eigenvalue weighted by molar-refractivity contribution is 6.42. The maximum absolute atomic E-state index is 10.7. The van der Waals surface area contributed by atoms with Crippen molar-refractivity contribution in [3.05, 3.63) is 21.8 Å². The van der Waals surface area contributed by atoms with Gasteiger partial charge < -0.3 is 15.7 Å². The number of primary amides is 1. The first-order chi connectivity index (χ1) is 7.43. The van der Waals surface area contributed by atoms with Gasteiger partial charge in [0, 0.05) is 17.6 Å². The molecule has 90 valence electrons. The number of nitrogens with two attached hydrogens (primary N) is 1. The Bertz CT molecular complexity index is 337. The Morgan fingerprint density at radius 3 is 2.62 bits per heavy atom. The molecule has 8 heteroatoms. The van der Waals surface area contributed by atoms with Crippen LogP contribution in [0.3, 0.4) is 0 Å². The van der Waals surface area contributed by atoms with Gasteiger partial charge in [0.25, 0.3) is 11.9 Å². The Labute approximate surface area is 91.5 Å². The number of methoxy groups -OCH3 is 1. The Morgan fingerprint density at radius 2 is 2.31 bits per heavy atom. The van der Waals surface area contributed by atoms with Crippen molar-refractivity contribution in [3.8, 4) is 0 Å². The lowest BCUT2D eigenvalue weighted by Gasteiger charge is -2.08. The molecule has 3 N–H and O–H groups in total. The number of oxime groups is 1. The summed E-state index contributed by atoms with van der Waals surface area (Å²) in [7, 11) is 1.32. The zero-order valence-corrected chi connectivity index (χ0v) is 8.91. The number of hydrogen-bond acceptors (Lipinski definition) is 6. The number of carbonyl (C=O) groups is 1. The van der Waals surface area contributed by atoms with E-state index in [2.05, 4.69) is 9.89 Å². The van der Waals surface area contributed by atoms with Crippen LogP contribution >= 0.6 is 0 Å². The molecular weight excluding hydrogens is 218 g/mol. The zero-order chi connectivity index (χ0) is 12.7. The summed E-state index contributed by atoms with van der Waals surface area (Å²) in [5.41, 5.74) is 4.63. The molecule has 0 rings (SSSR count). The van der Waals surface area contributed by atoms with Gasteiger partial charge in [-0.15, -0.1) is 0 Å². The molecule has 1 atom stereocenters. The minimum atomic E-state index is -1.11. The van der Waals surface area contributed by atoms with Gasteiger partial charge in [0.1, 0.15) is 6.61 Å². The predicted molar refractivity (Wildman–Crippen MR) is 54.8 cm³/mol. The van der Waals surface area contributed by atoms with Crippen LogP contribution in [-0.2, 0) is 9.53 Å². The van der Waals surface area contributed by atoms with Crippen LogP contribution in [0.2, 0.25) is 0 Å². The van der Waals surface area contributed by atoms with E-state index in [1.54, 1.807) is 0 Å². The van der Waals surface area contributed by atoms with Crippen molar-refractivity contribution in [2.45, 2.75) is 13.0 Å². The smallest absolute Gasteiger partial charge is 0.270 e. The van der Waals surface area contributed by atoms with Gasteiger partial charge >= 0.3 is 0 Å². The number of carbonyl (C=O) groups excluding carboxylic acids is 1. The minimum Gasteiger partial charge on any atom is -0.410 e. The SMILES string of the molecule is COC[C@H](/C(C)=C/C(=N\O)C(N)=O)[N+](=O)[O-]. The fourth-order valence-corrected chi connectivity index (χ4v) is 0.978. The van der Waals surface area contributed by atoms with E-state index in [-0.39, 0.29) is 12.2 Å². The van der Waals surface area contributed by atoms with E-state index < -0.39 is 22.6 Å². The van der Waals surface area contributed by atoms with Gasteiger partial charge in [-0.1, -0.05) is 5.16 Å². The summed E-state index contributed by atoms with van der Waals surface area (Å²) < 4.78 is 4.66. The Hall–Kier alpha value is -1.96. The van der Waals surface area contributed by atoms with Crippen molar-refractivity contribution < 1.29 is 19.7 Å². The third kappa shape index (κ3) is 4.05. The lowest BCUT2D eigenvalue weighted by molar-refractivity contribution is -0.515. The van der Waals surface area contributed by atoms with Gasteiger partial charge in [0.15, 0.2) is 5.71 Å². The third-order valence-electron chi connectivity index (χ3n) is 1.83. The van der Waals surface area contributed by atoms with Crippen LogP contribution in [0.1, 0.15) is 6.92 Å². The molecule has 0 aromatic heterocycles. The minimum absolute atomic E-state index is 0.146. The van der Waals surface area contributed by atoms with Gasteiger partial charge in [0.2, 0.25) is 0 Å². The number of ether oxygens (including phenoxy) is 1. The van der Waals surface area contributed by atoms with Crippen LogP contribution in [0.15, 0.2) is 16.8 Å². The van der Waals surface area contributed by atoms with E-state index >= 15 is 0 Å². The molecule has 0 unspecified atom stereocenters. The molecule has 0 saturated heterocycles. The Morgan fingerprint density at radius 1 is 1.75 bits per heavy atom. The number of nitrogens with zero attached hydrogens (tertiary/aromatic N) is 2. The van der Waals surface area contributed by atoms with Crippen molar-refractivity contribution >= 4 is 11.6 Å². The van der Waals surface area contributed by atoms with Gasteiger partial charge in [0.05, 0.1) is 0 Å². The summed E-state index contributed by atoms with van der Waals surface area (Å²) in [6.07, 6.45) is 1.05. The number of rotatable bonds is 6. The van der Waals surface area contributed by atoms with Crippen LogP contribution in [0.4, 0.5) is 0 Å². The molecule has 1 amide bonds. The van der Waals surface area contributed by atoms with Crippen LogP contribution in [0, 0.1) is 10.1 Å². The molecule has 0 aromatic rings. The molecule has 8 nitrogen and oxygen atoms in total. The van der Waals surface area contributed by atoms with E-state index in [0.717, 1.165) is 6.08 Å². The van der Waals surface area contributed by atoms with Gasteiger partial charge in [-0.3, -0.25) is 14.9 Å². The summed E-state index contributed by atoms with van der Waals surface area (Å²) in [6.45, 7) is 1.27. The summed E-state index contributed by atoms with van der Waals surface area (Å²) in [6, 6.07) is -1.11. The highest BCUT2D eigenvalue weighted by Gasteiger charge is 2.23. The molecule has 0 aliphatic rings. The molecule has 0 heterocycles. The van der Waals surface area contributed by atoms with Gasteiger partial charge in [-0.2, -0.15) is 0 Å². The fourth-order valence-electron chi connectivity index (χ4n) is 0.978. The largest absolute Gasteiger partial charge is 0.410 e. The number of nitro groups is 1. The average molecular weight is 231 g/mol. The van der Waals surface area contributed by atoms with E-state index in [4.69, 9.17) is 10.9 Å². The Balaban J connectivity index is 4.98. The standard InChI is InChI=1S/C8H13N3O5/c1-5(3-6(10-13)8(9)12)7(4-16-2)11(14)15/h3,7,13H,4H2,1-2H3,(H2,9,12)/b5-3+,10-6+/t7-/m1/s1. The summed E-state index contributed by atoms with van der Waals surface area (Å²) in [5, 5.41) is 21.7. The molecule has 0 bridgehead atoms. The number of hydrogen-bond donors (Lipinski definition) is 2. The summed E-state index contributed by atoms with van der Waals surface area (Å²) in [4.78, 5) is 20.8. The first-order valence-electron chi connectivity index (χ1n) is 4.26. The highest BCUT2D eigenvalue weighted by Crippen LogP contribution is 2.06. The molecule has 0 aliphatic heterocycles. The van der Waals surface area contributed by atoms with Crippen molar-refractivity contribution in [2.24, 2.45) is 10.9 Å². The van der Waals surface area contributed by atoms with Crippen LogP contribution in [0.5, 0.6) is 0 Å². The topological polar surface area (TPSA) is 128 Å². The average Bonchev–Trinajstić information content (AvgIpc) is 2.21. The quantitative estimate of drug-likeness (QED) is 0.276. The lowest BCUT2D eigenvalue weighted by Crippen LogP contribution is -2.28.